The molecule has 0 saturated carbocycles. The van der Waals surface area contributed by atoms with Gasteiger partial charge in [0.1, 0.15) is 6.04 Å². The van der Waals surface area contributed by atoms with Gasteiger partial charge < -0.3 is 11.5 Å². The number of hydrogen-bond acceptors (Lipinski definition) is 3. The largest absolute Gasteiger partial charge is 0.405 e. The molecule has 0 aromatic carbocycles. The monoisotopic (exact) mass is 267 g/mol. The van der Waals surface area contributed by atoms with Gasteiger partial charge in [-0.15, -0.1) is 0 Å². The summed E-state index contributed by atoms with van der Waals surface area (Å²) >= 11 is 0. The number of nitrogens with zero attached hydrogens (tertiary/aromatic N) is 1. The number of piperidine rings is 1. The van der Waals surface area contributed by atoms with E-state index in [4.69, 9.17) is 11.5 Å². The molecule has 4 nitrogen and oxygen atoms in total. The van der Waals surface area contributed by atoms with Gasteiger partial charge in [0, 0.05) is 6.04 Å². The maximum atomic E-state index is 13.1. The molecule has 3 unspecified atom stereocenters. The number of alkyl halides is 3. The molecular formula is C11H20F3N3O. The molecule has 106 valence electrons. The van der Waals surface area contributed by atoms with Gasteiger partial charge in [-0.25, -0.2) is 0 Å². The molecule has 0 aromatic heterocycles. The summed E-state index contributed by atoms with van der Waals surface area (Å²) < 4.78 is 39.3. The molecule has 4 N–H and O–H groups in total. The first kappa shape index (κ1) is 15.2. The molecule has 7 heteroatoms. The van der Waals surface area contributed by atoms with Gasteiger partial charge >= 0.3 is 6.18 Å². The average Bonchev–Trinajstić information content (AvgIpc) is 2.27. The Kier molecular flexibility index (Phi) is 4.98. The normalized spacial score (nSPS) is 25.7. The van der Waals surface area contributed by atoms with Crippen LogP contribution in [0.2, 0.25) is 0 Å². The molecule has 0 aromatic rings. The molecule has 1 aliphatic heterocycles. The molecule has 0 radical (unpaired) electrons. The summed E-state index contributed by atoms with van der Waals surface area (Å²) in [5, 5.41) is 0. The van der Waals surface area contributed by atoms with E-state index in [1.807, 2.05) is 0 Å². The third-order valence-corrected chi connectivity index (χ3v) is 3.44. The molecule has 1 rings (SSSR count). The predicted molar refractivity (Wildman–Crippen MR) is 61.6 cm³/mol. The number of amides is 1. The van der Waals surface area contributed by atoms with Crippen molar-refractivity contribution >= 4 is 5.91 Å². The average molecular weight is 267 g/mol. The Labute approximate surface area is 104 Å². The van der Waals surface area contributed by atoms with Crippen LogP contribution in [0.1, 0.15) is 32.6 Å². The van der Waals surface area contributed by atoms with E-state index in [2.05, 4.69) is 0 Å². The summed E-state index contributed by atoms with van der Waals surface area (Å²) in [5.74, 6) is -0.702. The maximum Gasteiger partial charge on any atom is 0.405 e. The first-order valence-corrected chi connectivity index (χ1v) is 6.16. The highest BCUT2D eigenvalue weighted by Gasteiger charge is 2.49. The molecule has 0 spiro atoms. The molecule has 18 heavy (non-hydrogen) atoms. The zero-order chi connectivity index (χ0) is 13.9. The molecule has 0 bridgehead atoms. The van der Waals surface area contributed by atoms with Crippen LogP contribution in [-0.2, 0) is 4.79 Å². The summed E-state index contributed by atoms with van der Waals surface area (Å²) in [4.78, 5) is 12.4. The minimum atomic E-state index is -4.44. The van der Waals surface area contributed by atoms with E-state index in [0.717, 1.165) is 11.3 Å². The number of carbonyl (C=O) groups excluding carboxylic acids is 1. The van der Waals surface area contributed by atoms with Gasteiger partial charge in [-0.2, -0.15) is 13.2 Å². The molecule has 3 atom stereocenters. The third kappa shape index (κ3) is 3.35. The van der Waals surface area contributed by atoms with Crippen LogP contribution in [0.4, 0.5) is 13.2 Å². The van der Waals surface area contributed by atoms with Gasteiger partial charge in [0.05, 0.1) is 6.04 Å². The van der Waals surface area contributed by atoms with Crippen LogP contribution in [0.5, 0.6) is 0 Å². The van der Waals surface area contributed by atoms with E-state index in [0.29, 0.717) is 12.8 Å². The first-order valence-electron chi connectivity index (χ1n) is 6.16. The molecule has 1 saturated heterocycles. The quantitative estimate of drug-likeness (QED) is 0.798. The lowest BCUT2D eigenvalue weighted by Crippen LogP contribution is -2.62. The fraction of sp³-hybridized carbons (Fsp3) is 0.909. The second-order valence-corrected chi connectivity index (χ2v) is 4.71. The summed E-state index contributed by atoms with van der Waals surface area (Å²) in [7, 11) is 0. The summed E-state index contributed by atoms with van der Waals surface area (Å²) in [6.07, 6.45) is -2.52. The highest BCUT2D eigenvalue weighted by Crippen LogP contribution is 2.32. The lowest BCUT2D eigenvalue weighted by atomic mass is 9.95. The van der Waals surface area contributed by atoms with Crippen LogP contribution < -0.4 is 11.5 Å². The summed E-state index contributed by atoms with van der Waals surface area (Å²) in [6.45, 7) is 1.82. The van der Waals surface area contributed by atoms with Crippen molar-refractivity contribution in [3.05, 3.63) is 0 Å². The number of halogens is 3. The van der Waals surface area contributed by atoms with E-state index >= 15 is 0 Å². The Bertz CT molecular complexity index is 296. The lowest BCUT2D eigenvalue weighted by Gasteiger charge is -2.42. The highest BCUT2D eigenvalue weighted by atomic mass is 19.4. The fourth-order valence-corrected chi connectivity index (χ4v) is 2.49. The highest BCUT2D eigenvalue weighted by molar-refractivity contribution is 5.80. The Morgan fingerprint density at radius 2 is 2.06 bits per heavy atom. The zero-order valence-corrected chi connectivity index (χ0v) is 10.4. The predicted octanol–water partition coefficient (Wildman–Crippen LogP) is 0.994. The molecule has 0 aliphatic carbocycles. The van der Waals surface area contributed by atoms with Crippen molar-refractivity contribution in [3.8, 4) is 0 Å². The second-order valence-electron chi connectivity index (χ2n) is 4.71. The van der Waals surface area contributed by atoms with Crippen LogP contribution in [0.3, 0.4) is 0 Å². The second kappa shape index (κ2) is 5.88. The Balaban J connectivity index is 2.98. The van der Waals surface area contributed by atoms with E-state index < -0.39 is 30.2 Å². The number of primary amides is 1. The van der Waals surface area contributed by atoms with Gasteiger partial charge in [0.25, 0.3) is 0 Å². The van der Waals surface area contributed by atoms with Crippen LogP contribution >= 0.6 is 0 Å². The van der Waals surface area contributed by atoms with Crippen molar-refractivity contribution in [2.45, 2.75) is 56.9 Å². The number of rotatable bonds is 4. The Hall–Kier alpha value is -0.820. The van der Waals surface area contributed by atoms with Gasteiger partial charge in [-0.3, -0.25) is 9.69 Å². The van der Waals surface area contributed by atoms with Crippen molar-refractivity contribution < 1.29 is 18.0 Å². The smallest absolute Gasteiger partial charge is 0.368 e. The molecule has 1 aliphatic rings. The number of hydrogen-bond donors (Lipinski definition) is 2. The van der Waals surface area contributed by atoms with Crippen LogP contribution in [0.15, 0.2) is 0 Å². The van der Waals surface area contributed by atoms with Crippen molar-refractivity contribution in [2.75, 3.05) is 6.54 Å². The molecule has 1 amide bonds. The standard InChI is InChI=1S/C11H20F3N3O/c1-2-7(15)9(11(12,13)14)17-6-4-3-5-8(17)10(16)18/h7-9H,2-6,15H2,1H3,(H2,16,18). The molecule has 1 heterocycles. The van der Waals surface area contributed by atoms with Gasteiger partial charge in [0.2, 0.25) is 5.91 Å². The minimum Gasteiger partial charge on any atom is -0.368 e. The zero-order valence-electron chi connectivity index (χ0n) is 10.4. The van der Waals surface area contributed by atoms with Crippen molar-refractivity contribution in [1.29, 1.82) is 0 Å². The summed E-state index contributed by atoms with van der Waals surface area (Å²) in [5.41, 5.74) is 10.8. The van der Waals surface area contributed by atoms with Crippen molar-refractivity contribution in [1.82, 2.24) is 4.90 Å². The van der Waals surface area contributed by atoms with E-state index in [1.165, 1.54) is 0 Å². The summed E-state index contributed by atoms with van der Waals surface area (Å²) in [6, 6.07) is -3.69. The fourth-order valence-electron chi connectivity index (χ4n) is 2.49. The van der Waals surface area contributed by atoms with Gasteiger partial charge in [-0.1, -0.05) is 13.3 Å². The topological polar surface area (TPSA) is 72.3 Å². The maximum absolute atomic E-state index is 13.1. The van der Waals surface area contributed by atoms with Gasteiger partial charge in [0.15, 0.2) is 0 Å². The van der Waals surface area contributed by atoms with Crippen LogP contribution in [0.25, 0.3) is 0 Å². The Morgan fingerprint density at radius 1 is 1.44 bits per heavy atom. The van der Waals surface area contributed by atoms with Crippen molar-refractivity contribution in [2.24, 2.45) is 11.5 Å². The van der Waals surface area contributed by atoms with Crippen LogP contribution in [-0.4, -0.2) is 41.7 Å². The Morgan fingerprint density at radius 3 is 2.50 bits per heavy atom. The number of likely N-dealkylation sites (tertiary alicyclic amines) is 1. The van der Waals surface area contributed by atoms with E-state index in [1.54, 1.807) is 6.92 Å². The van der Waals surface area contributed by atoms with E-state index in [9.17, 15) is 18.0 Å². The molecule has 1 fully saturated rings. The number of carbonyl (C=O) groups is 1. The first-order chi connectivity index (χ1) is 8.29. The lowest BCUT2D eigenvalue weighted by molar-refractivity contribution is -0.198. The molecular weight excluding hydrogens is 247 g/mol. The van der Waals surface area contributed by atoms with Crippen molar-refractivity contribution in [3.63, 3.8) is 0 Å². The third-order valence-electron chi connectivity index (χ3n) is 3.44. The number of nitrogens with two attached hydrogens (primary N) is 2. The van der Waals surface area contributed by atoms with Crippen LogP contribution in [0, 0.1) is 0 Å². The minimum absolute atomic E-state index is 0.201. The SMILES string of the molecule is CCC(N)C(N1CCCCC1C(N)=O)C(F)(F)F. The van der Waals surface area contributed by atoms with E-state index in [-0.39, 0.29) is 13.0 Å². The van der Waals surface area contributed by atoms with Gasteiger partial charge in [-0.05, 0) is 25.8 Å².